The van der Waals surface area contributed by atoms with Gasteiger partial charge in [0, 0.05) is 12.6 Å². The van der Waals surface area contributed by atoms with Crippen molar-refractivity contribution in [2.45, 2.75) is 25.4 Å². The number of hydrogen-bond acceptors (Lipinski definition) is 4. The van der Waals surface area contributed by atoms with E-state index >= 15 is 0 Å². The Bertz CT molecular complexity index is 475. The van der Waals surface area contributed by atoms with Gasteiger partial charge in [0.25, 0.3) is 5.91 Å². The van der Waals surface area contributed by atoms with E-state index < -0.39 is 5.91 Å². The van der Waals surface area contributed by atoms with Crippen molar-refractivity contribution in [1.82, 2.24) is 5.32 Å². The Hall–Kier alpha value is -1.46. The predicted molar refractivity (Wildman–Crippen MR) is 72.6 cm³/mol. The molecule has 3 N–H and O–H groups in total. The van der Waals surface area contributed by atoms with Gasteiger partial charge in [-0.2, -0.15) is 0 Å². The molecule has 1 amide bonds. The van der Waals surface area contributed by atoms with E-state index in [9.17, 15) is 4.79 Å². The highest BCUT2D eigenvalue weighted by molar-refractivity contribution is 6.32. The van der Waals surface area contributed by atoms with Crippen molar-refractivity contribution in [2.24, 2.45) is 5.73 Å². The number of rotatable bonds is 7. The molecule has 19 heavy (non-hydrogen) atoms. The second-order valence-corrected chi connectivity index (χ2v) is 4.93. The van der Waals surface area contributed by atoms with E-state index in [1.165, 1.54) is 20.0 Å². The van der Waals surface area contributed by atoms with Gasteiger partial charge in [0.2, 0.25) is 0 Å². The van der Waals surface area contributed by atoms with Crippen LogP contribution < -0.4 is 20.5 Å². The van der Waals surface area contributed by atoms with Gasteiger partial charge in [-0.15, -0.1) is 0 Å². The summed E-state index contributed by atoms with van der Waals surface area (Å²) in [5.41, 5.74) is 6.06. The monoisotopic (exact) mass is 284 g/mol. The fourth-order valence-electron chi connectivity index (χ4n) is 1.71. The van der Waals surface area contributed by atoms with Gasteiger partial charge in [-0.25, -0.2) is 0 Å². The van der Waals surface area contributed by atoms with Crippen molar-refractivity contribution in [3.8, 4) is 11.5 Å². The number of methoxy groups -OCH3 is 1. The first-order valence-electron chi connectivity index (χ1n) is 6.11. The number of nitrogens with two attached hydrogens (primary N) is 1. The van der Waals surface area contributed by atoms with E-state index in [0.29, 0.717) is 22.6 Å². The van der Waals surface area contributed by atoms with Crippen LogP contribution in [0.4, 0.5) is 0 Å². The Kier molecular flexibility index (Phi) is 4.50. The van der Waals surface area contributed by atoms with Crippen molar-refractivity contribution in [2.75, 3.05) is 13.7 Å². The minimum Gasteiger partial charge on any atom is -0.493 e. The summed E-state index contributed by atoms with van der Waals surface area (Å²) in [4.78, 5) is 10.7. The van der Waals surface area contributed by atoms with Gasteiger partial charge in [0.05, 0.1) is 12.1 Å². The predicted octanol–water partition coefficient (Wildman–Crippen LogP) is 1.46. The summed E-state index contributed by atoms with van der Waals surface area (Å²) in [6, 6.07) is 4.27. The smallest absolute Gasteiger partial charge is 0.255 e. The Morgan fingerprint density at radius 3 is 2.84 bits per heavy atom. The van der Waals surface area contributed by atoms with Gasteiger partial charge in [-0.1, -0.05) is 11.6 Å². The minimum absolute atomic E-state index is 0.226. The first-order chi connectivity index (χ1) is 9.10. The number of hydrogen-bond donors (Lipinski definition) is 2. The second-order valence-electron chi connectivity index (χ2n) is 4.52. The summed E-state index contributed by atoms with van der Waals surface area (Å²) >= 11 is 6.14. The molecule has 0 aromatic heterocycles. The number of carbonyl (C=O) groups excluding carboxylic acids is 1. The summed E-state index contributed by atoms with van der Waals surface area (Å²) in [5.74, 6) is 0.289. The molecule has 0 bridgehead atoms. The fraction of sp³-hybridized carbons (Fsp3) is 0.462. The number of amides is 1. The van der Waals surface area contributed by atoms with E-state index in [-0.39, 0.29) is 6.61 Å². The van der Waals surface area contributed by atoms with E-state index in [4.69, 9.17) is 26.8 Å². The van der Waals surface area contributed by atoms with Crippen LogP contribution in [0.2, 0.25) is 5.02 Å². The molecule has 1 aliphatic rings. The Balaban J connectivity index is 2.10. The first kappa shape index (κ1) is 14.0. The molecule has 0 radical (unpaired) electrons. The van der Waals surface area contributed by atoms with Crippen molar-refractivity contribution in [3.63, 3.8) is 0 Å². The zero-order valence-electron chi connectivity index (χ0n) is 10.7. The fourth-order valence-corrected chi connectivity index (χ4v) is 2.00. The standard InChI is InChI=1S/C13H17ClN2O3/c1-18-11-5-8(6-16-9-2-3-9)4-10(14)13(11)19-7-12(15)17/h4-5,9,16H,2-3,6-7H2,1H3,(H2,15,17). The first-order valence-corrected chi connectivity index (χ1v) is 6.49. The quantitative estimate of drug-likeness (QED) is 0.795. The van der Waals surface area contributed by atoms with Crippen molar-refractivity contribution in [3.05, 3.63) is 22.7 Å². The van der Waals surface area contributed by atoms with E-state index in [1.54, 1.807) is 6.07 Å². The molecule has 6 heteroatoms. The number of ether oxygens (including phenoxy) is 2. The molecule has 1 saturated carbocycles. The van der Waals surface area contributed by atoms with Crippen LogP contribution in [-0.4, -0.2) is 25.7 Å². The molecule has 0 heterocycles. The van der Waals surface area contributed by atoms with Gasteiger partial charge >= 0.3 is 0 Å². The van der Waals surface area contributed by atoms with Crippen LogP contribution >= 0.6 is 11.6 Å². The Morgan fingerprint density at radius 1 is 1.53 bits per heavy atom. The average Bonchev–Trinajstić information content (AvgIpc) is 3.18. The zero-order chi connectivity index (χ0) is 13.8. The van der Waals surface area contributed by atoms with Crippen LogP contribution in [0, 0.1) is 0 Å². The maximum Gasteiger partial charge on any atom is 0.255 e. The lowest BCUT2D eigenvalue weighted by Crippen LogP contribution is -2.20. The van der Waals surface area contributed by atoms with Crippen LogP contribution in [0.25, 0.3) is 0 Å². The molecule has 1 aliphatic carbocycles. The lowest BCUT2D eigenvalue weighted by atomic mass is 10.2. The lowest BCUT2D eigenvalue weighted by molar-refractivity contribution is -0.119. The van der Waals surface area contributed by atoms with Gasteiger partial charge in [-0.05, 0) is 30.5 Å². The molecule has 1 aromatic rings. The van der Waals surface area contributed by atoms with Crippen molar-refractivity contribution < 1.29 is 14.3 Å². The number of halogens is 1. The summed E-state index contributed by atoms with van der Waals surface area (Å²) in [6.45, 7) is 0.507. The van der Waals surface area contributed by atoms with E-state index in [1.807, 2.05) is 6.07 Å². The third-order valence-electron chi connectivity index (χ3n) is 2.82. The molecule has 0 unspecified atom stereocenters. The number of benzene rings is 1. The van der Waals surface area contributed by atoms with E-state index in [2.05, 4.69) is 5.32 Å². The molecule has 0 aliphatic heterocycles. The van der Waals surface area contributed by atoms with Gasteiger partial charge in [0.15, 0.2) is 18.1 Å². The van der Waals surface area contributed by atoms with Crippen molar-refractivity contribution >= 4 is 17.5 Å². The molecule has 104 valence electrons. The third kappa shape index (κ3) is 4.01. The zero-order valence-corrected chi connectivity index (χ0v) is 11.5. The summed E-state index contributed by atoms with van der Waals surface area (Å²) in [6.07, 6.45) is 2.45. The highest BCUT2D eigenvalue weighted by Gasteiger charge is 2.20. The van der Waals surface area contributed by atoms with Crippen LogP contribution in [0.15, 0.2) is 12.1 Å². The van der Waals surface area contributed by atoms with Crippen molar-refractivity contribution in [1.29, 1.82) is 0 Å². The maximum atomic E-state index is 10.7. The van der Waals surface area contributed by atoms with Crippen LogP contribution in [0.5, 0.6) is 11.5 Å². The van der Waals surface area contributed by atoms with Crippen LogP contribution in [-0.2, 0) is 11.3 Å². The van der Waals surface area contributed by atoms with Crippen LogP contribution in [0.1, 0.15) is 18.4 Å². The largest absolute Gasteiger partial charge is 0.493 e. The third-order valence-corrected chi connectivity index (χ3v) is 3.10. The Labute approximate surface area is 117 Å². The molecule has 2 rings (SSSR count). The second kappa shape index (κ2) is 6.12. The molecule has 0 saturated heterocycles. The normalized spacial score (nSPS) is 14.2. The number of primary amides is 1. The van der Waals surface area contributed by atoms with E-state index in [0.717, 1.165) is 12.1 Å². The molecule has 0 spiro atoms. The number of nitrogens with one attached hydrogen (secondary N) is 1. The molecule has 5 nitrogen and oxygen atoms in total. The topological polar surface area (TPSA) is 73.6 Å². The maximum absolute atomic E-state index is 10.7. The molecular formula is C13H17ClN2O3. The minimum atomic E-state index is -0.558. The average molecular weight is 285 g/mol. The summed E-state index contributed by atoms with van der Waals surface area (Å²) in [5, 5.41) is 3.80. The van der Waals surface area contributed by atoms with Gasteiger partial charge in [-0.3, -0.25) is 4.79 Å². The molecule has 1 aromatic carbocycles. The highest BCUT2D eigenvalue weighted by Crippen LogP contribution is 2.36. The van der Waals surface area contributed by atoms with Gasteiger partial charge < -0.3 is 20.5 Å². The van der Waals surface area contributed by atoms with Gasteiger partial charge in [0.1, 0.15) is 0 Å². The highest BCUT2D eigenvalue weighted by atomic mass is 35.5. The lowest BCUT2D eigenvalue weighted by Gasteiger charge is -2.13. The summed E-state index contributed by atoms with van der Waals surface area (Å²) < 4.78 is 10.5. The Morgan fingerprint density at radius 2 is 2.26 bits per heavy atom. The molecule has 1 fully saturated rings. The molecular weight excluding hydrogens is 268 g/mol. The summed E-state index contributed by atoms with van der Waals surface area (Å²) in [7, 11) is 1.53. The SMILES string of the molecule is COc1cc(CNC2CC2)cc(Cl)c1OCC(N)=O. The van der Waals surface area contributed by atoms with Crippen LogP contribution in [0.3, 0.4) is 0 Å². The molecule has 0 atom stereocenters. The number of carbonyl (C=O) groups is 1.